The smallest absolute Gasteiger partial charge is 0.221 e. The standard InChI is InChI=1S/C62H124N6O4/c1-5-9-13-17-21-25-28-32-36-39-49-63-59(69)45-43-53-67(56-46-60(70)64-50-40-35-31-24-20-16-12-8-4)54-44-55-68(57-47-61(71)65-51-41-37-33-29-26-22-18-14-10-6-2)58-48-62(72)66-52-42-38-34-30-27-23-19-15-11-7-3/h5-58H2,1-4H3,(H,63,69)(H,64,70)(H,65,71)(H,66,72). The Labute approximate surface area is 447 Å². The molecule has 0 aliphatic rings. The molecule has 0 saturated carbocycles. The van der Waals surface area contributed by atoms with E-state index < -0.39 is 0 Å². The number of hydrogen-bond acceptors (Lipinski definition) is 6. The molecule has 0 saturated heterocycles. The van der Waals surface area contributed by atoms with E-state index in [4.69, 9.17) is 0 Å². The summed E-state index contributed by atoms with van der Waals surface area (Å²) in [6.45, 7) is 16.3. The first-order valence-corrected chi connectivity index (χ1v) is 31.9. The molecule has 0 aromatic carbocycles. The molecule has 0 rings (SSSR count). The zero-order valence-electron chi connectivity index (χ0n) is 48.7. The first kappa shape index (κ1) is 69.8. The number of carbonyl (C=O) groups excluding carboxylic acids is 4. The van der Waals surface area contributed by atoms with Crippen LogP contribution in [0.3, 0.4) is 0 Å². The summed E-state index contributed by atoms with van der Waals surface area (Å²) in [5.74, 6) is 0.407. The summed E-state index contributed by atoms with van der Waals surface area (Å²) in [6, 6.07) is 0. The van der Waals surface area contributed by atoms with Gasteiger partial charge in [-0.3, -0.25) is 19.2 Å². The summed E-state index contributed by atoms with van der Waals surface area (Å²) in [5.41, 5.74) is 0. The van der Waals surface area contributed by atoms with Gasteiger partial charge in [-0.05, 0) is 58.2 Å². The van der Waals surface area contributed by atoms with Crippen molar-refractivity contribution in [3.63, 3.8) is 0 Å². The van der Waals surface area contributed by atoms with Gasteiger partial charge < -0.3 is 31.1 Å². The van der Waals surface area contributed by atoms with Gasteiger partial charge in [0.15, 0.2) is 0 Å². The van der Waals surface area contributed by atoms with Crippen LogP contribution in [0.1, 0.15) is 310 Å². The van der Waals surface area contributed by atoms with Crippen LogP contribution in [0.2, 0.25) is 0 Å². The molecule has 10 nitrogen and oxygen atoms in total. The van der Waals surface area contributed by atoms with Crippen molar-refractivity contribution in [1.29, 1.82) is 0 Å². The molecular weight excluding hydrogens is 893 g/mol. The predicted octanol–water partition coefficient (Wildman–Crippen LogP) is 15.3. The van der Waals surface area contributed by atoms with Crippen molar-refractivity contribution in [1.82, 2.24) is 31.1 Å². The highest BCUT2D eigenvalue weighted by Gasteiger charge is 2.14. The Balaban J connectivity index is 5.14. The second-order valence-corrected chi connectivity index (χ2v) is 21.8. The maximum Gasteiger partial charge on any atom is 0.221 e. The average molecular weight is 1020 g/mol. The highest BCUT2D eigenvalue weighted by atomic mass is 16.2. The number of nitrogens with one attached hydrogen (secondary N) is 4. The Morgan fingerprint density at radius 3 is 0.667 bits per heavy atom. The van der Waals surface area contributed by atoms with Gasteiger partial charge in [-0.2, -0.15) is 0 Å². The number of carbonyl (C=O) groups is 4. The number of hydrogen-bond donors (Lipinski definition) is 4. The number of rotatable bonds is 59. The largest absolute Gasteiger partial charge is 0.356 e. The molecule has 0 heterocycles. The Hall–Kier alpha value is -2.20. The lowest BCUT2D eigenvalue weighted by Gasteiger charge is -2.26. The third-order valence-electron chi connectivity index (χ3n) is 14.7. The fourth-order valence-corrected chi connectivity index (χ4v) is 9.79. The molecule has 72 heavy (non-hydrogen) atoms. The summed E-state index contributed by atoms with van der Waals surface area (Å²) in [4.78, 5) is 56.5. The lowest BCUT2D eigenvalue weighted by molar-refractivity contribution is -0.122. The van der Waals surface area contributed by atoms with Crippen LogP contribution >= 0.6 is 0 Å². The Morgan fingerprint density at radius 1 is 0.222 bits per heavy atom. The molecule has 426 valence electrons. The van der Waals surface area contributed by atoms with Crippen LogP contribution in [0.5, 0.6) is 0 Å². The van der Waals surface area contributed by atoms with Gasteiger partial charge in [-0.25, -0.2) is 0 Å². The van der Waals surface area contributed by atoms with Crippen molar-refractivity contribution in [2.45, 2.75) is 310 Å². The van der Waals surface area contributed by atoms with Gasteiger partial charge in [0.25, 0.3) is 0 Å². The zero-order valence-corrected chi connectivity index (χ0v) is 48.7. The van der Waals surface area contributed by atoms with E-state index in [1.807, 2.05) is 0 Å². The van der Waals surface area contributed by atoms with Gasteiger partial charge in [0.1, 0.15) is 0 Å². The molecule has 0 bridgehead atoms. The summed E-state index contributed by atoms with van der Waals surface area (Å²) in [5, 5.41) is 12.7. The minimum absolute atomic E-state index is 0.0902. The van der Waals surface area contributed by atoms with E-state index >= 15 is 0 Å². The monoisotopic (exact) mass is 1020 g/mol. The van der Waals surface area contributed by atoms with Crippen molar-refractivity contribution in [3.05, 3.63) is 0 Å². The van der Waals surface area contributed by atoms with E-state index in [1.54, 1.807) is 0 Å². The SMILES string of the molecule is CCCCCCCCCCCCNC(=O)CCCN(CCCN(CCC(=O)NCCCCCCCCCCCC)CCC(=O)NCCCCCCCCCCCC)CCC(=O)NCCCCCCCCCC. The van der Waals surface area contributed by atoms with Gasteiger partial charge in [0, 0.05) is 71.5 Å². The molecule has 0 spiro atoms. The second-order valence-electron chi connectivity index (χ2n) is 21.8. The summed E-state index contributed by atoms with van der Waals surface area (Å²) >= 11 is 0. The highest BCUT2D eigenvalue weighted by Crippen LogP contribution is 2.14. The number of unbranched alkanes of at least 4 members (excludes halogenated alkanes) is 34. The van der Waals surface area contributed by atoms with Crippen LogP contribution in [-0.2, 0) is 19.2 Å². The summed E-state index contributed by atoms with van der Waals surface area (Å²) in [7, 11) is 0. The molecule has 4 N–H and O–H groups in total. The molecule has 0 aromatic rings. The average Bonchev–Trinajstić information content (AvgIpc) is 3.37. The van der Waals surface area contributed by atoms with E-state index in [0.717, 1.165) is 97.2 Å². The van der Waals surface area contributed by atoms with Gasteiger partial charge in [-0.1, -0.05) is 246 Å². The summed E-state index contributed by atoms with van der Waals surface area (Å²) < 4.78 is 0. The predicted molar refractivity (Wildman–Crippen MR) is 311 cm³/mol. The molecule has 0 fully saturated rings. The van der Waals surface area contributed by atoms with Gasteiger partial charge in [0.05, 0.1) is 0 Å². The maximum atomic E-state index is 13.0. The topological polar surface area (TPSA) is 123 Å². The Bertz CT molecular complexity index is 1130. The van der Waals surface area contributed by atoms with E-state index in [-0.39, 0.29) is 23.6 Å². The Kier molecular flexibility index (Phi) is 56.3. The van der Waals surface area contributed by atoms with E-state index in [0.29, 0.717) is 45.3 Å². The third-order valence-corrected chi connectivity index (χ3v) is 14.7. The first-order chi connectivity index (χ1) is 35.4. The molecule has 0 aliphatic heterocycles. The molecular formula is C62H124N6O4. The minimum Gasteiger partial charge on any atom is -0.356 e. The van der Waals surface area contributed by atoms with Gasteiger partial charge >= 0.3 is 0 Å². The van der Waals surface area contributed by atoms with E-state index in [9.17, 15) is 19.2 Å². The van der Waals surface area contributed by atoms with Crippen molar-refractivity contribution in [2.24, 2.45) is 0 Å². The number of nitrogens with zero attached hydrogens (tertiary/aromatic N) is 2. The van der Waals surface area contributed by atoms with Gasteiger partial charge in [-0.15, -0.1) is 0 Å². The molecule has 0 atom stereocenters. The maximum absolute atomic E-state index is 13.0. The van der Waals surface area contributed by atoms with Crippen LogP contribution in [-0.4, -0.2) is 98.9 Å². The highest BCUT2D eigenvalue weighted by molar-refractivity contribution is 5.77. The molecule has 0 aliphatic carbocycles. The van der Waals surface area contributed by atoms with Crippen LogP contribution in [0.15, 0.2) is 0 Å². The van der Waals surface area contributed by atoms with Gasteiger partial charge in [0.2, 0.25) is 23.6 Å². The quantitative estimate of drug-likeness (QED) is 0.0450. The van der Waals surface area contributed by atoms with Crippen LogP contribution in [0, 0.1) is 0 Å². The fraction of sp³-hybridized carbons (Fsp3) is 0.935. The lowest BCUT2D eigenvalue weighted by atomic mass is 10.1. The fourth-order valence-electron chi connectivity index (χ4n) is 9.79. The van der Waals surface area contributed by atoms with E-state index in [2.05, 4.69) is 58.8 Å². The van der Waals surface area contributed by atoms with Crippen LogP contribution in [0.4, 0.5) is 0 Å². The van der Waals surface area contributed by atoms with Crippen molar-refractivity contribution in [3.8, 4) is 0 Å². The van der Waals surface area contributed by atoms with Crippen LogP contribution < -0.4 is 21.3 Å². The van der Waals surface area contributed by atoms with E-state index in [1.165, 1.54) is 205 Å². The van der Waals surface area contributed by atoms with Crippen LogP contribution in [0.25, 0.3) is 0 Å². The molecule has 4 amide bonds. The third kappa shape index (κ3) is 54.1. The normalized spacial score (nSPS) is 11.5. The first-order valence-electron chi connectivity index (χ1n) is 31.9. The van der Waals surface area contributed by atoms with Crippen molar-refractivity contribution < 1.29 is 19.2 Å². The molecule has 0 unspecified atom stereocenters. The Morgan fingerprint density at radius 2 is 0.417 bits per heavy atom. The minimum atomic E-state index is 0.0902. The van der Waals surface area contributed by atoms with Crippen molar-refractivity contribution in [2.75, 3.05) is 65.4 Å². The molecule has 0 aromatic heterocycles. The molecule has 0 radical (unpaired) electrons. The number of amides is 4. The summed E-state index contributed by atoms with van der Waals surface area (Å²) in [6.07, 6.45) is 51.8. The lowest BCUT2D eigenvalue weighted by Crippen LogP contribution is -2.37. The second kappa shape index (κ2) is 58.1. The molecule has 10 heteroatoms. The van der Waals surface area contributed by atoms with Crippen molar-refractivity contribution >= 4 is 23.6 Å². The zero-order chi connectivity index (χ0) is 52.5.